The van der Waals surface area contributed by atoms with Crippen LogP contribution in [-0.2, 0) is 6.54 Å². The van der Waals surface area contributed by atoms with Crippen LogP contribution in [0.1, 0.15) is 43.2 Å². The summed E-state index contributed by atoms with van der Waals surface area (Å²) in [5, 5.41) is 12.7. The molecule has 2 heteroatoms. The van der Waals surface area contributed by atoms with Crippen molar-refractivity contribution in [1.29, 1.82) is 5.26 Å². The first-order valence-corrected chi connectivity index (χ1v) is 6.98. The maximum atomic E-state index is 9.29. The first-order chi connectivity index (χ1) is 8.79. The average Bonchev–Trinajstić information content (AvgIpc) is 2.43. The zero-order valence-corrected chi connectivity index (χ0v) is 11.2. The molecule has 1 N–H and O–H groups in total. The topological polar surface area (TPSA) is 35.8 Å². The molecule has 2 nitrogen and oxygen atoms in total. The van der Waals surface area contributed by atoms with Crippen LogP contribution in [0.5, 0.6) is 0 Å². The Morgan fingerprint density at radius 3 is 2.50 bits per heavy atom. The van der Waals surface area contributed by atoms with Gasteiger partial charge < -0.3 is 0 Å². The minimum Gasteiger partial charge on any atom is -0.298 e. The second kappa shape index (κ2) is 6.56. The van der Waals surface area contributed by atoms with Crippen LogP contribution < -0.4 is 5.32 Å². The van der Waals surface area contributed by atoms with Crippen LogP contribution in [0.15, 0.2) is 24.3 Å². The lowest BCUT2D eigenvalue weighted by molar-refractivity contribution is 0.304. The molecule has 1 saturated carbocycles. The van der Waals surface area contributed by atoms with Gasteiger partial charge in [0.25, 0.3) is 0 Å². The van der Waals surface area contributed by atoms with Gasteiger partial charge in [0, 0.05) is 6.54 Å². The fourth-order valence-electron chi connectivity index (χ4n) is 2.72. The Balaban J connectivity index is 1.87. The molecule has 1 aliphatic carbocycles. The van der Waals surface area contributed by atoms with E-state index < -0.39 is 0 Å². The predicted molar refractivity (Wildman–Crippen MR) is 74.0 cm³/mol. The summed E-state index contributed by atoms with van der Waals surface area (Å²) in [6, 6.07) is 11.0. The number of hydrogen-bond donors (Lipinski definition) is 1. The van der Waals surface area contributed by atoms with Gasteiger partial charge in [-0.25, -0.2) is 0 Å². The molecule has 1 aromatic carbocycles. The third-order valence-corrected chi connectivity index (χ3v) is 3.91. The third-order valence-electron chi connectivity index (χ3n) is 3.91. The van der Waals surface area contributed by atoms with Gasteiger partial charge in [0.05, 0.1) is 12.1 Å². The summed E-state index contributed by atoms with van der Waals surface area (Å²) >= 11 is 0. The van der Waals surface area contributed by atoms with Gasteiger partial charge in [-0.15, -0.1) is 0 Å². The van der Waals surface area contributed by atoms with Gasteiger partial charge >= 0.3 is 0 Å². The summed E-state index contributed by atoms with van der Waals surface area (Å²) in [4.78, 5) is 0. The highest BCUT2D eigenvalue weighted by Crippen LogP contribution is 2.26. The van der Waals surface area contributed by atoms with Gasteiger partial charge in [0.2, 0.25) is 0 Å². The van der Waals surface area contributed by atoms with Gasteiger partial charge in [-0.2, -0.15) is 5.26 Å². The number of benzene rings is 1. The minimum absolute atomic E-state index is 0.0200. The molecule has 96 valence electrons. The Labute approximate surface area is 110 Å². The van der Waals surface area contributed by atoms with Crippen LogP contribution in [-0.4, -0.2) is 6.04 Å². The predicted octanol–water partition coefficient (Wildman–Crippen LogP) is 3.56. The summed E-state index contributed by atoms with van der Waals surface area (Å²) in [5.74, 6) is 0.550. The van der Waals surface area contributed by atoms with Crippen LogP contribution in [0.2, 0.25) is 0 Å². The van der Waals surface area contributed by atoms with Crippen molar-refractivity contribution in [2.75, 3.05) is 0 Å². The average molecular weight is 242 g/mol. The molecule has 1 atom stereocenters. The summed E-state index contributed by atoms with van der Waals surface area (Å²) in [7, 11) is 0. The molecule has 0 bridgehead atoms. The highest BCUT2D eigenvalue weighted by molar-refractivity contribution is 5.21. The van der Waals surface area contributed by atoms with E-state index >= 15 is 0 Å². The summed E-state index contributed by atoms with van der Waals surface area (Å²) in [5.41, 5.74) is 2.54. The van der Waals surface area contributed by atoms with Crippen LogP contribution in [0.25, 0.3) is 0 Å². The van der Waals surface area contributed by atoms with Crippen LogP contribution in [0.4, 0.5) is 0 Å². The quantitative estimate of drug-likeness (QED) is 0.876. The van der Waals surface area contributed by atoms with Crippen LogP contribution >= 0.6 is 0 Å². The maximum Gasteiger partial charge on any atom is 0.0984 e. The second-order valence-electron chi connectivity index (χ2n) is 5.37. The molecule has 2 rings (SSSR count). The lowest BCUT2D eigenvalue weighted by atomic mass is 9.84. The molecule has 0 aliphatic heterocycles. The van der Waals surface area contributed by atoms with E-state index in [0.717, 1.165) is 6.54 Å². The van der Waals surface area contributed by atoms with Crippen molar-refractivity contribution in [1.82, 2.24) is 5.32 Å². The van der Waals surface area contributed by atoms with Crippen molar-refractivity contribution in [3.63, 3.8) is 0 Å². The van der Waals surface area contributed by atoms with Crippen molar-refractivity contribution in [2.24, 2.45) is 5.92 Å². The first kappa shape index (κ1) is 13.1. The Morgan fingerprint density at radius 1 is 1.22 bits per heavy atom. The molecule has 1 aliphatic rings. The lowest BCUT2D eigenvalue weighted by Crippen LogP contribution is -2.35. The van der Waals surface area contributed by atoms with Crippen molar-refractivity contribution >= 4 is 0 Å². The van der Waals surface area contributed by atoms with E-state index in [9.17, 15) is 5.26 Å². The van der Waals surface area contributed by atoms with Gasteiger partial charge in [0.1, 0.15) is 0 Å². The number of rotatable bonds is 4. The molecule has 1 aromatic rings. The normalized spacial score (nSPS) is 18.2. The highest BCUT2D eigenvalue weighted by Gasteiger charge is 2.22. The Bertz CT molecular complexity index is 396. The molecule has 0 aromatic heterocycles. The molecule has 0 radical (unpaired) electrons. The number of aryl methyl sites for hydroxylation is 1. The van der Waals surface area contributed by atoms with Gasteiger partial charge in [-0.3, -0.25) is 5.32 Å². The molecule has 1 fully saturated rings. The molecule has 0 saturated heterocycles. The van der Waals surface area contributed by atoms with E-state index in [1.54, 1.807) is 0 Å². The highest BCUT2D eigenvalue weighted by atomic mass is 14.9. The summed E-state index contributed by atoms with van der Waals surface area (Å²) in [6.07, 6.45) is 6.33. The lowest BCUT2D eigenvalue weighted by Gasteiger charge is -2.26. The zero-order chi connectivity index (χ0) is 12.8. The number of hydrogen-bond acceptors (Lipinski definition) is 2. The molecule has 18 heavy (non-hydrogen) atoms. The summed E-state index contributed by atoms with van der Waals surface area (Å²) < 4.78 is 0. The molecule has 1 unspecified atom stereocenters. The van der Waals surface area contributed by atoms with Gasteiger partial charge in [-0.1, -0.05) is 49.1 Å². The molecule has 0 amide bonds. The summed E-state index contributed by atoms with van der Waals surface area (Å²) in [6.45, 7) is 2.90. The van der Waals surface area contributed by atoms with Crippen molar-refractivity contribution in [3.05, 3.63) is 35.4 Å². The third kappa shape index (κ3) is 3.58. The van der Waals surface area contributed by atoms with Gasteiger partial charge in [0.15, 0.2) is 0 Å². The molecular weight excluding hydrogens is 220 g/mol. The van der Waals surface area contributed by atoms with E-state index in [0.29, 0.717) is 5.92 Å². The number of nitriles is 1. The van der Waals surface area contributed by atoms with Crippen molar-refractivity contribution in [2.45, 2.75) is 51.6 Å². The fraction of sp³-hybridized carbons (Fsp3) is 0.562. The van der Waals surface area contributed by atoms with E-state index in [2.05, 4.69) is 42.6 Å². The zero-order valence-electron chi connectivity index (χ0n) is 11.2. The molecular formula is C16H22N2. The Hall–Kier alpha value is -1.33. The number of nitrogens with one attached hydrogen (secondary N) is 1. The van der Waals surface area contributed by atoms with E-state index in [1.165, 1.54) is 43.2 Å². The Kier molecular flexibility index (Phi) is 4.78. The van der Waals surface area contributed by atoms with E-state index in [-0.39, 0.29) is 6.04 Å². The largest absolute Gasteiger partial charge is 0.298 e. The molecule has 0 spiro atoms. The molecule has 0 heterocycles. The smallest absolute Gasteiger partial charge is 0.0984 e. The van der Waals surface area contributed by atoms with E-state index in [4.69, 9.17) is 0 Å². The minimum atomic E-state index is 0.0200. The monoisotopic (exact) mass is 242 g/mol. The van der Waals surface area contributed by atoms with Crippen LogP contribution in [0, 0.1) is 24.2 Å². The SMILES string of the molecule is Cc1ccc(CNC(C#N)C2CCCCC2)cc1. The second-order valence-corrected chi connectivity index (χ2v) is 5.37. The maximum absolute atomic E-state index is 9.29. The standard InChI is InChI=1S/C16H22N2/c1-13-7-9-14(10-8-13)12-18-16(11-17)15-5-3-2-4-6-15/h7-10,15-16,18H,2-6,12H2,1H3. The Morgan fingerprint density at radius 2 is 1.89 bits per heavy atom. The van der Waals surface area contributed by atoms with E-state index in [1.807, 2.05) is 0 Å². The van der Waals surface area contributed by atoms with Crippen LogP contribution in [0.3, 0.4) is 0 Å². The van der Waals surface area contributed by atoms with Crippen molar-refractivity contribution in [3.8, 4) is 6.07 Å². The van der Waals surface area contributed by atoms with Gasteiger partial charge in [-0.05, 0) is 31.2 Å². The van der Waals surface area contributed by atoms with Crippen molar-refractivity contribution < 1.29 is 0 Å². The first-order valence-electron chi connectivity index (χ1n) is 6.98. The number of nitrogens with zero attached hydrogens (tertiary/aromatic N) is 1. The fourth-order valence-corrected chi connectivity index (χ4v) is 2.72.